The van der Waals surface area contributed by atoms with Crippen molar-refractivity contribution < 1.29 is 33.8 Å². The molecule has 1 heterocycles. The van der Waals surface area contributed by atoms with E-state index in [1.807, 2.05) is 0 Å². The van der Waals surface area contributed by atoms with Crippen LogP contribution in [0, 0.1) is 0 Å². The summed E-state index contributed by atoms with van der Waals surface area (Å²) in [7, 11) is 0. The molecule has 1 aliphatic rings. The monoisotopic (exact) mass is 628 g/mol. The standard InChI is InChI=1S/C35H67NO5.CH2O2/c1-3-5-7-9-11-13-15-17-19-21-23-25-29-39-31-33(32-41-36-34(37)27-28-35(36)38)40-30-26-24-22-20-18-16-14-12-10-8-6-4-2;2-1-3/h33H,3-32H2,1-2H3;1H,(H,2,3). The molecule has 0 aromatic rings. The molecule has 0 saturated carbocycles. The number of imide groups is 1. The van der Waals surface area contributed by atoms with Crippen LogP contribution in [0.3, 0.4) is 0 Å². The van der Waals surface area contributed by atoms with Gasteiger partial charge in [0.25, 0.3) is 18.3 Å². The first kappa shape index (κ1) is 42.5. The van der Waals surface area contributed by atoms with Crippen molar-refractivity contribution in [3.63, 3.8) is 0 Å². The lowest BCUT2D eigenvalue weighted by atomic mass is 10.1. The van der Waals surface area contributed by atoms with Crippen molar-refractivity contribution in [2.45, 2.75) is 187 Å². The van der Waals surface area contributed by atoms with E-state index < -0.39 is 0 Å². The van der Waals surface area contributed by atoms with Crippen molar-refractivity contribution in [1.82, 2.24) is 5.06 Å². The van der Waals surface area contributed by atoms with Gasteiger partial charge in [-0.15, -0.1) is 0 Å². The first-order valence-corrected chi connectivity index (χ1v) is 18.4. The van der Waals surface area contributed by atoms with E-state index in [1.165, 1.54) is 141 Å². The molecule has 8 heteroatoms. The van der Waals surface area contributed by atoms with Crippen LogP contribution in [0.25, 0.3) is 0 Å². The van der Waals surface area contributed by atoms with E-state index in [-0.39, 0.29) is 43.8 Å². The van der Waals surface area contributed by atoms with E-state index in [2.05, 4.69) is 13.8 Å². The highest BCUT2D eigenvalue weighted by molar-refractivity contribution is 6.00. The van der Waals surface area contributed by atoms with E-state index in [9.17, 15) is 9.59 Å². The fourth-order valence-electron chi connectivity index (χ4n) is 5.45. The largest absolute Gasteiger partial charge is 0.483 e. The van der Waals surface area contributed by atoms with Crippen LogP contribution in [-0.2, 0) is 28.7 Å². The molecule has 1 aliphatic heterocycles. The smallest absolute Gasteiger partial charge is 0.290 e. The maximum atomic E-state index is 11.9. The van der Waals surface area contributed by atoms with Crippen LogP contribution in [-0.4, -0.2) is 61.0 Å². The van der Waals surface area contributed by atoms with Gasteiger partial charge in [-0.3, -0.25) is 19.2 Å². The van der Waals surface area contributed by atoms with Crippen LogP contribution >= 0.6 is 0 Å². The quantitative estimate of drug-likeness (QED) is 0.0450. The predicted molar refractivity (Wildman–Crippen MR) is 178 cm³/mol. The Morgan fingerprint density at radius 1 is 0.591 bits per heavy atom. The summed E-state index contributed by atoms with van der Waals surface area (Å²) in [5.41, 5.74) is 0. The molecule has 1 rings (SSSR count). The molecule has 1 fully saturated rings. The second-order valence-corrected chi connectivity index (χ2v) is 12.3. The number of hydrogen-bond acceptors (Lipinski definition) is 6. The molecule has 0 bridgehead atoms. The molecule has 1 atom stereocenters. The van der Waals surface area contributed by atoms with E-state index >= 15 is 0 Å². The van der Waals surface area contributed by atoms with Gasteiger partial charge in [-0.05, 0) is 12.8 Å². The Bertz CT molecular complexity index is 630. The number of carbonyl (C=O) groups is 3. The van der Waals surface area contributed by atoms with Crippen molar-refractivity contribution in [2.24, 2.45) is 0 Å². The average molecular weight is 628 g/mol. The third-order valence-electron chi connectivity index (χ3n) is 8.19. The number of ether oxygens (including phenoxy) is 2. The fourth-order valence-corrected chi connectivity index (χ4v) is 5.45. The van der Waals surface area contributed by atoms with Gasteiger partial charge < -0.3 is 14.6 Å². The molecule has 0 spiro atoms. The number of amides is 2. The molecular formula is C36H69NO7. The van der Waals surface area contributed by atoms with E-state index in [0.717, 1.165) is 24.5 Å². The Hall–Kier alpha value is -1.51. The minimum absolute atomic E-state index is 0.175. The summed E-state index contributed by atoms with van der Waals surface area (Å²) >= 11 is 0. The Morgan fingerprint density at radius 3 is 1.32 bits per heavy atom. The van der Waals surface area contributed by atoms with Gasteiger partial charge in [0, 0.05) is 26.1 Å². The number of unbranched alkanes of at least 4 members (excludes halogenated alkanes) is 22. The first-order chi connectivity index (χ1) is 21.6. The molecule has 1 N–H and O–H groups in total. The van der Waals surface area contributed by atoms with E-state index in [4.69, 9.17) is 24.2 Å². The SMILES string of the molecule is CCCCCCCCCCCCCCOCC(CON1C(=O)CCC1=O)OCCCCCCCCCCCCCC.O=CO. The predicted octanol–water partition coefficient (Wildman–Crippen LogP) is 9.57. The van der Waals surface area contributed by atoms with Gasteiger partial charge in [0.2, 0.25) is 0 Å². The summed E-state index contributed by atoms with van der Waals surface area (Å²) in [4.78, 5) is 37.7. The molecule has 0 aromatic carbocycles. The lowest BCUT2D eigenvalue weighted by molar-refractivity contribution is -0.199. The summed E-state index contributed by atoms with van der Waals surface area (Å²) < 4.78 is 12.0. The molecule has 0 aliphatic carbocycles. The summed E-state index contributed by atoms with van der Waals surface area (Å²) in [6.45, 7) is 6.29. The first-order valence-electron chi connectivity index (χ1n) is 18.4. The zero-order valence-corrected chi connectivity index (χ0v) is 28.7. The fraction of sp³-hybridized carbons (Fsp3) is 0.917. The molecule has 2 amide bonds. The van der Waals surface area contributed by atoms with E-state index in [0.29, 0.717) is 13.2 Å². The highest BCUT2D eigenvalue weighted by atomic mass is 16.7. The third kappa shape index (κ3) is 28.0. The Kier molecular flexibility index (Phi) is 33.2. The minimum atomic E-state index is -0.263. The molecule has 1 unspecified atom stereocenters. The van der Waals surface area contributed by atoms with Gasteiger partial charge in [-0.2, -0.15) is 5.06 Å². The van der Waals surface area contributed by atoms with Crippen LogP contribution < -0.4 is 0 Å². The van der Waals surface area contributed by atoms with Gasteiger partial charge in [-0.25, -0.2) is 0 Å². The topological polar surface area (TPSA) is 102 Å². The zero-order chi connectivity index (χ0) is 32.4. The number of nitrogens with zero attached hydrogens (tertiary/aromatic N) is 1. The lowest BCUT2D eigenvalue weighted by Crippen LogP contribution is -2.35. The number of carbonyl (C=O) groups excluding carboxylic acids is 2. The number of rotatable bonds is 32. The highest BCUT2D eigenvalue weighted by Crippen LogP contribution is 2.15. The summed E-state index contributed by atoms with van der Waals surface area (Å²) in [6.07, 6.45) is 31.9. The van der Waals surface area contributed by atoms with Crippen LogP contribution in [0.5, 0.6) is 0 Å². The van der Waals surface area contributed by atoms with Crippen LogP contribution in [0.15, 0.2) is 0 Å². The molecule has 0 radical (unpaired) electrons. The average Bonchev–Trinajstić information content (AvgIpc) is 3.34. The maximum absolute atomic E-state index is 11.9. The van der Waals surface area contributed by atoms with Crippen LogP contribution in [0.4, 0.5) is 0 Å². The second-order valence-electron chi connectivity index (χ2n) is 12.3. The highest BCUT2D eigenvalue weighted by Gasteiger charge is 2.31. The Labute approximate surface area is 270 Å². The Balaban J connectivity index is 0.00000590. The van der Waals surface area contributed by atoms with Gasteiger partial charge >= 0.3 is 0 Å². The molecule has 8 nitrogen and oxygen atoms in total. The van der Waals surface area contributed by atoms with Crippen molar-refractivity contribution >= 4 is 18.3 Å². The number of carboxylic acid groups (broad SMARTS) is 1. The minimum Gasteiger partial charge on any atom is -0.483 e. The van der Waals surface area contributed by atoms with Gasteiger partial charge in [0.15, 0.2) is 0 Å². The van der Waals surface area contributed by atoms with Crippen molar-refractivity contribution in [3.8, 4) is 0 Å². The molecule has 1 saturated heterocycles. The summed E-state index contributed by atoms with van der Waals surface area (Å²) in [5, 5.41) is 7.81. The van der Waals surface area contributed by atoms with Crippen LogP contribution in [0.1, 0.15) is 181 Å². The van der Waals surface area contributed by atoms with Gasteiger partial charge in [0.05, 0.1) is 6.61 Å². The summed E-state index contributed by atoms with van der Waals surface area (Å²) in [6, 6.07) is 0. The number of hydroxylamine groups is 2. The van der Waals surface area contributed by atoms with Crippen molar-refractivity contribution in [1.29, 1.82) is 0 Å². The number of hydrogen-bond donors (Lipinski definition) is 1. The zero-order valence-electron chi connectivity index (χ0n) is 28.7. The third-order valence-corrected chi connectivity index (χ3v) is 8.19. The van der Waals surface area contributed by atoms with Crippen molar-refractivity contribution in [3.05, 3.63) is 0 Å². The van der Waals surface area contributed by atoms with Crippen molar-refractivity contribution in [2.75, 3.05) is 26.4 Å². The van der Waals surface area contributed by atoms with Gasteiger partial charge in [0.1, 0.15) is 12.7 Å². The normalized spacial score (nSPS) is 13.7. The lowest BCUT2D eigenvalue weighted by Gasteiger charge is -2.21. The molecular weight excluding hydrogens is 558 g/mol. The molecule has 260 valence electrons. The van der Waals surface area contributed by atoms with E-state index in [1.54, 1.807) is 0 Å². The summed E-state index contributed by atoms with van der Waals surface area (Å²) in [5.74, 6) is -0.515. The maximum Gasteiger partial charge on any atom is 0.290 e. The molecule has 44 heavy (non-hydrogen) atoms. The second kappa shape index (κ2) is 34.4. The molecule has 0 aromatic heterocycles. The van der Waals surface area contributed by atoms with Gasteiger partial charge in [-0.1, -0.05) is 155 Å². The Morgan fingerprint density at radius 2 is 0.932 bits per heavy atom. The van der Waals surface area contributed by atoms with Crippen LogP contribution in [0.2, 0.25) is 0 Å².